The zero-order chi connectivity index (χ0) is 18.3. The Labute approximate surface area is 145 Å². The van der Waals surface area contributed by atoms with Crippen molar-refractivity contribution < 1.29 is 18.0 Å². The standard InChI is InChI=1S/C15H14F3N7O/c16-15(17,18)11-7-10(21-22-11)14(26)24-5-3-9(8-24)20-12-1-2-13-19-4-6-25(13)23-12/h1-2,4,6-7,9H,3,5,8H2,(H,20,23)(H,21,22)/t9-/m0/s1. The van der Waals surface area contributed by atoms with Crippen LogP contribution in [0.25, 0.3) is 5.65 Å². The fraction of sp³-hybridized carbons (Fsp3) is 0.333. The summed E-state index contributed by atoms with van der Waals surface area (Å²) in [6.45, 7) is 0.786. The molecule has 0 aliphatic carbocycles. The minimum absolute atomic E-state index is 0.0477. The molecule has 11 heteroatoms. The molecular weight excluding hydrogens is 351 g/mol. The van der Waals surface area contributed by atoms with Crippen molar-refractivity contribution in [1.82, 2.24) is 29.7 Å². The molecule has 4 heterocycles. The van der Waals surface area contributed by atoms with Crippen LogP contribution in [-0.2, 0) is 6.18 Å². The predicted octanol–water partition coefficient (Wildman–Crippen LogP) is 1.80. The average Bonchev–Trinajstić information content (AvgIpc) is 3.33. The lowest BCUT2D eigenvalue weighted by Gasteiger charge is -2.16. The first kappa shape index (κ1) is 16.4. The molecule has 3 aromatic heterocycles. The summed E-state index contributed by atoms with van der Waals surface area (Å²) >= 11 is 0. The second-order valence-corrected chi connectivity index (χ2v) is 5.99. The van der Waals surface area contributed by atoms with Gasteiger partial charge in [0.2, 0.25) is 0 Å². The van der Waals surface area contributed by atoms with Crippen molar-refractivity contribution in [1.29, 1.82) is 0 Å². The van der Waals surface area contributed by atoms with Crippen molar-refractivity contribution in [2.75, 3.05) is 18.4 Å². The fourth-order valence-corrected chi connectivity index (χ4v) is 2.90. The zero-order valence-corrected chi connectivity index (χ0v) is 13.4. The lowest BCUT2D eigenvalue weighted by Crippen LogP contribution is -2.32. The number of alkyl halides is 3. The summed E-state index contributed by atoms with van der Waals surface area (Å²) in [5.74, 6) is 0.105. The van der Waals surface area contributed by atoms with Gasteiger partial charge in [0.15, 0.2) is 11.3 Å². The molecule has 1 saturated heterocycles. The molecule has 3 aromatic rings. The second kappa shape index (κ2) is 6.00. The fourth-order valence-electron chi connectivity index (χ4n) is 2.90. The molecule has 0 saturated carbocycles. The molecule has 0 unspecified atom stereocenters. The number of carbonyl (C=O) groups is 1. The Morgan fingerprint density at radius 3 is 2.96 bits per heavy atom. The summed E-state index contributed by atoms with van der Waals surface area (Å²) in [4.78, 5) is 17.9. The Balaban J connectivity index is 1.41. The highest BCUT2D eigenvalue weighted by atomic mass is 19.4. The van der Waals surface area contributed by atoms with E-state index in [1.54, 1.807) is 23.0 Å². The number of aromatic nitrogens is 5. The van der Waals surface area contributed by atoms with Crippen molar-refractivity contribution in [3.05, 3.63) is 42.0 Å². The number of carbonyl (C=O) groups excluding carboxylic acids is 1. The van der Waals surface area contributed by atoms with Gasteiger partial charge in [-0.2, -0.15) is 18.3 Å². The summed E-state index contributed by atoms with van der Waals surface area (Å²) in [7, 11) is 0. The van der Waals surface area contributed by atoms with Crippen molar-refractivity contribution in [2.45, 2.75) is 18.6 Å². The third-order valence-corrected chi connectivity index (χ3v) is 4.18. The van der Waals surface area contributed by atoms with Crippen LogP contribution in [0.4, 0.5) is 19.0 Å². The molecule has 2 N–H and O–H groups in total. The molecule has 0 bridgehead atoms. The molecule has 1 aliphatic heterocycles. The Bertz CT molecular complexity index is 948. The van der Waals surface area contributed by atoms with Gasteiger partial charge in [0.1, 0.15) is 11.5 Å². The first-order valence-corrected chi connectivity index (χ1v) is 7.89. The number of fused-ring (bicyclic) bond motifs is 1. The maximum atomic E-state index is 12.6. The molecule has 136 valence electrons. The molecule has 4 rings (SSSR count). The van der Waals surface area contributed by atoms with E-state index in [9.17, 15) is 18.0 Å². The largest absolute Gasteiger partial charge is 0.432 e. The van der Waals surface area contributed by atoms with E-state index in [0.717, 1.165) is 11.7 Å². The van der Waals surface area contributed by atoms with Crippen LogP contribution in [0, 0.1) is 0 Å². The Morgan fingerprint density at radius 1 is 1.35 bits per heavy atom. The number of anilines is 1. The van der Waals surface area contributed by atoms with Crippen molar-refractivity contribution in [3.63, 3.8) is 0 Å². The summed E-state index contributed by atoms with van der Waals surface area (Å²) < 4.78 is 39.5. The molecule has 0 spiro atoms. The molecule has 0 aromatic carbocycles. The van der Waals surface area contributed by atoms with Gasteiger partial charge < -0.3 is 10.2 Å². The van der Waals surface area contributed by atoms with Gasteiger partial charge in [-0.3, -0.25) is 9.89 Å². The van der Waals surface area contributed by atoms with Crippen LogP contribution in [0.5, 0.6) is 0 Å². The molecular formula is C15H14F3N7O. The number of nitrogens with one attached hydrogen (secondary N) is 2. The summed E-state index contributed by atoms with van der Waals surface area (Å²) in [5, 5.41) is 12.9. The van der Waals surface area contributed by atoms with Crippen LogP contribution in [0.2, 0.25) is 0 Å². The number of nitrogens with zero attached hydrogens (tertiary/aromatic N) is 5. The SMILES string of the molecule is O=C(c1cc(C(F)(F)F)[nH]n1)N1CC[C@H](Nc2ccc3nccn3n2)C1. The maximum absolute atomic E-state index is 12.6. The number of H-pyrrole nitrogens is 1. The Morgan fingerprint density at radius 2 is 2.19 bits per heavy atom. The van der Waals surface area contributed by atoms with E-state index >= 15 is 0 Å². The van der Waals surface area contributed by atoms with Crippen LogP contribution in [0.1, 0.15) is 22.6 Å². The zero-order valence-electron chi connectivity index (χ0n) is 13.4. The highest BCUT2D eigenvalue weighted by Crippen LogP contribution is 2.28. The number of halogens is 3. The normalized spacial score (nSPS) is 17.8. The monoisotopic (exact) mass is 365 g/mol. The minimum atomic E-state index is -4.56. The quantitative estimate of drug-likeness (QED) is 0.739. The average molecular weight is 365 g/mol. The van der Waals surface area contributed by atoms with Gasteiger partial charge in [-0.05, 0) is 18.6 Å². The van der Waals surface area contributed by atoms with Gasteiger partial charge in [0, 0.05) is 37.6 Å². The van der Waals surface area contributed by atoms with E-state index < -0.39 is 17.8 Å². The molecule has 1 fully saturated rings. The van der Waals surface area contributed by atoms with Crippen LogP contribution >= 0.6 is 0 Å². The Hall–Kier alpha value is -3.11. The van der Waals surface area contributed by atoms with Crippen LogP contribution in [0.15, 0.2) is 30.6 Å². The first-order valence-electron chi connectivity index (χ1n) is 7.89. The maximum Gasteiger partial charge on any atom is 0.432 e. The van der Waals surface area contributed by atoms with Gasteiger partial charge in [-0.15, -0.1) is 5.10 Å². The third kappa shape index (κ3) is 3.07. The predicted molar refractivity (Wildman–Crippen MR) is 84.5 cm³/mol. The van der Waals surface area contributed by atoms with Crippen molar-refractivity contribution in [3.8, 4) is 0 Å². The smallest absolute Gasteiger partial charge is 0.364 e. The van der Waals surface area contributed by atoms with Crippen molar-refractivity contribution in [2.24, 2.45) is 0 Å². The van der Waals surface area contributed by atoms with Crippen molar-refractivity contribution >= 4 is 17.4 Å². The number of aromatic amines is 1. The summed E-state index contributed by atoms with van der Waals surface area (Å²) in [6.07, 6.45) is -0.536. The van der Waals surface area contributed by atoms with E-state index in [1.165, 1.54) is 4.90 Å². The van der Waals surface area contributed by atoms with Gasteiger partial charge in [-0.25, -0.2) is 9.50 Å². The lowest BCUT2D eigenvalue weighted by molar-refractivity contribution is -0.141. The molecule has 26 heavy (non-hydrogen) atoms. The third-order valence-electron chi connectivity index (χ3n) is 4.18. The number of hydrogen-bond acceptors (Lipinski definition) is 5. The van der Waals surface area contributed by atoms with E-state index in [4.69, 9.17) is 0 Å². The number of hydrogen-bond donors (Lipinski definition) is 2. The van der Waals surface area contributed by atoms with E-state index in [2.05, 4.69) is 20.5 Å². The van der Waals surface area contributed by atoms with Gasteiger partial charge in [0.05, 0.1) is 0 Å². The first-order chi connectivity index (χ1) is 12.4. The summed E-state index contributed by atoms with van der Waals surface area (Å²) in [6, 6.07) is 4.29. The number of amides is 1. The van der Waals surface area contributed by atoms with Crippen LogP contribution in [-0.4, -0.2) is 54.7 Å². The van der Waals surface area contributed by atoms with E-state index in [0.29, 0.717) is 25.3 Å². The molecule has 8 nitrogen and oxygen atoms in total. The minimum Gasteiger partial charge on any atom is -0.364 e. The number of imidazole rings is 1. The Kier molecular flexibility index (Phi) is 3.78. The number of likely N-dealkylation sites (tertiary alicyclic amines) is 1. The van der Waals surface area contributed by atoms with E-state index in [1.807, 2.05) is 11.2 Å². The van der Waals surface area contributed by atoms with Crippen LogP contribution < -0.4 is 5.32 Å². The topological polar surface area (TPSA) is 91.2 Å². The highest BCUT2D eigenvalue weighted by Gasteiger charge is 2.35. The molecule has 1 aliphatic rings. The van der Waals surface area contributed by atoms with Crippen LogP contribution in [0.3, 0.4) is 0 Å². The lowest BCUT2D eigenvalue weighted by atomic mass is 10.2. The van der Waals surface area contributed by atoms with E-state index in [-0.39, 0.29) is 11.7 Å². The molecule has 1 atom stereocenters. The highest BCUT2D eigenvalue weighted by molar-refractivity contribution is 5.92. The molecule has 1 amide bonds. The molecule has 0 radical (unpaired) electrons. The summed E-state index contributed by atoms with van der Waals surface area (Å²) in [5.41, 5.74) is -0.554. The number of rotatable bonds is 3. The second-order valence-electron chi connectivity index (χ2n) is 5.99. The van der Waals surface area contributed by atoms with Gasteiger partial charge in [0.25, 0.3) is 5.91 Å². The van der Waals surface area contributed by atoms with Gasteiger partial charge in [-0.1, -0.05) is 0 Å². The van der Waals surface area contributed by atoms with Gasteiger partial charge >= 0.3 is 6.18 Å².